The van der Waals surface area contributed by atoms with Crippen LogP contribution in [0.4, 0.5) is 4.39 Å². The number of benzene rings is 2. The zero-order valence-electron chi connectivity index (χ0n) is 21.8. The summed E-state index contributed by atoms with van der Waals surface area (Å²) in [5.41, 5.74) is 2.85. The number of nitrogens with zero attached hydrogens (tertiary/aromatic N) is 5. The molecule has 0 bridgehead atoms. The van der Waals surface area contributed by atoms with Crippen molar-refractivity contribution < 1.29 is 14.0 Å². The Morgan fingerprint density at radius 1 is 1.10 bits per heavy atom. The van der Waals surface area contributed by atoms with Crippen LogP contribution in [0.1, 0.15) is 47.7 Å². The summed E-state index contributed by atoms with van der Waals surface area (Å²) in [6.45, 7) is 2.21. The van der Waals surface area contributed by atoms with Crippen LogP contribution in [0, 0.1) is 12.7 Å². The average Bonchev–Trinajstić information content (AvgIpc) is 3.72. The smallest absolute Gasteiger partial charge is 0.248 e. The van der Waals surface area contributed by atoms with Gasteiger partial charge in [-0.05, 0) is 78.2 Å². The number of thiophene rings is 1. The Hall–Kier alpha value is -3.92. The predicted molar refractivity (Wildman–Crippen MR) is 147 cm³/mol. The first kappa shape index (κ1) is 26.7. The Labute approximate surface area is 230 Å². The lowest BCUT2D eigenvalue weighted by atomic mass is 10.0. The molecule has 1 saturated carbocycles. The summed E-state index contributed by atoms with van der Waals surface area (Å²) >= 11 is 1.46. The molecular weight excluding hydrogens is 515 g/mol. The minimum atomic E-state index is -0.762. The maximum absolute atomic E-state index is 13.9. The topological polar surface area (TPSA) is 93.0 Å². The Morgan fingerprint density at radius 3 is 2.59 bits per heavy atom. The first-order valence-corrected chi connectivity index (χ1v) is 14.1. The fourth-order valence-electron chi connectivity index (χ4n) is 4.99. The molecule has 8 nitrogen and oxygen atoms in total. The van der Waals surface area contributed by atoms with Crippen LogP contribution in [0.25, 0.3) is 11.4 Å². The zero-order valence-corrected chi connectivity index (χ0v) is 22.6. The second-order valence-electron chi connectivity index (χ2n) is 9.82. The summed E-state index contributed by atoms with van der Waals surface area (Å²) in [6.07, 6.45) is 4.70. The minimum absolute atomic E-state index is 0.128. The van der Waals surface area contributed by atoms with Crippen LogP contribution in [0.5, 0.6) is 0 Å². The molecule has 2 amide bonds. The standard InChI is InChI=1S/C29H31FN6O2S/c1-20-7-2-3-8-21(20)16-17-35(27(25-11-6-18-39-25)29(38)31-24-9-4-5-10-24)26(37)19-36-33-28(32-34-36)22-12-14-23(30)15-13-22/h2-3,6-8,11-15,18,24,27H,4-5,9-10,16-17,19H2,1H3,(H,31,38). The number of halogens is 1. The molecule has 0 saturated heterocycles. The monoisotopic (exact) mass is 546 g/mol. The van der Waals surface area contributed by atoms with Gasteiger partial charge in [0.25, 0.3) is 0 Å². The fourth-order valence-corrected chi connectivity index (χ4v) is 5.82. The molecule has 0 radical (unpaired) electrons. The number of aryl methyl sites for hydroxylation is 1. The maximum Gasteiger partial charge on any atom is 0.248 e. The predicted octanol–water partition coefficient (Wildman–Crippen LogP) is 4.72. The molecule has 1 unspecified atom stereocenters. The molecule has 1 fully saturated rings. The second kappa shape index (κ2) is 12.3. The van der Waals surface area contributed by atoms with Crippen LogP contribution in [-0.2, 0) is 22.6 Å². The summed E-state index contributed by atoms with van der Waals surface area (Å²) in [7, 11) is 0. The number of nitrogens with one attached hydrogen (secondary N) is 1. The van der Waals surface area contributed by atoms with Crippen molar-refractivity contribution in [1.29, 1.82) is 0 Å². The highest BCUT2D eigenvalue weighted by Gasteiger charge is 2.34. The molecule has 2 aromatic heterocycles. The van der Waals surface area contributed by atoms with Gasteiger partial charge < -0.3 is 10.2 Å². The lowest BCUT2D eigenvalue weighted by Gasteiger charge is -2.31. The molecule has 39 heavy (non-hydrogen) atoms. The van der Waals surface area contributed by atoms with Gasteiger partial charge in [0.05, 0.1) is 0 Å². The van der Waals surface area contributed by atoms with E-state index in [1.54, 1.807) is 17.0 Å². The number of rotatable bonds is 10. The third kappa shape index (κ3) is 6.57. The van der Waals surface area contributed by atoms with Crippen LogP contribution in [0.15, 0.2) is 66.0 Å². The molecule has 202 valence electrons. The summed E-state index contributed by atoms with van der Waals surface area (Å²) in [5.74, 6) is -0.517. The van der Waals surface area contributed by atoms with Crippen LogP contribution in [-0.4, -0.2) is 49.5 Å². The number of carbonyl (C=O) groups is 2. The minimum Gasteiger partial charge on any atom is -0.351 e. The van der Waals surface area contributed by atoms with Gasteiger partial charge in [0.1, 0.15) is 18.4 Å². The summed E-state index contributed by atoms with van der Waals surface area (Å²) < 4.78 is 13.3. The van der Waals surface area contributed by atoms with Gasteiger partial charge in [0.15, 0.2) is 0 Å². The van der Waals surface area contributed by atoms with Crippen LogP contribution < -0.4 is 5.32 Å². The molecule has 2 aromatic carbocycles. The third-order valence-electron chi connectivity index (χ3n) is 7.11. The fraction of sp³-hybridized carbons (Fsp3) is 0.345. The number of tetrazole rings is 1. The van der Waals surface area contributed by atoms with Crippen LogP contribution >= 0.6 is 11.3 Å². The number of carbonyl (C=O) groups excluding carboxylic acids is 2. The molecule has 0 aliphatic heterocycles. The molecule has 1 aliphatic carbocycles. The van der Waals surface area contributed by atoms with E-state index in [2.05, 4.69) is 20.7 Å². The zero-order chi connectivity index (χ0) is 27.2. The van der Waals surface area contributed by atoms with Crippen molar-refractivity contribution in [2.45, 2.75) is 57.7 Å². The number of hydrogen-bond donors (Lipinski definition) is 1. The van der Waals surface area contributed by atoms with Gasteiger partial charge in [-0.3, -0.25) is 9.59 Å². The molecule has 1 N–H and O–H groups in total. The van der Waals surface area contributed by atoms with E-state index < -0.39 is 6.04 Å². The molecule has 0 spiro atoms. The molecule has 2 heterocycles. The molecule has 4 aromatic rings. The quantitative estimate of drug-likeness (QED) is 0.311. The number of aromatic nitrogens is 4. The van der Waals surface area contributed by atoms with Crippen LogP contribution in [0.2, 0.25) is 0 Å². The van der Waals surface area contributed by atoms with Gasteiger partial charge in [-0.15, -0.1) is 21.5 Å². The average molecular weight is 547 g/mol. The normalized spacial score (nSPS) is 14.3. The van der Waals surface area contributed by atoms with E-state index in [9.17, 15) is 14.0 Å². The molecule has 1 atom stereocenters. The van der Waals surface area contributed by atoms with Crippen molar-refractivity contribution in [2.75, 3.05) is 6.54 Å². The van der Waals surface area contributed by atoms with Gasteiger partial charge in [0.2, 0.25) is 17.6 Å². The van der Waals surface area contributed by atoms with Crippen molar-refractivity contribution in [1.82, 2.24) is 30.4 Å². The van der Waals surface area contributed by atoms with Crippen molar-refractivity contribution >= 4 is 23.2 Å². The van der Waals surface area contributed by atoms with Crippen LogP contribution in [0.3, 0.4) is 0 Å². The highest BCUT2D eigenvalue weighted by molar-refractivity contribution is 7.10. The van der Waals surface area contributed by atoms with E-state index in [4.69, 9.17) is 0 Å². The van der Waals surface area contributed by atoms with E-state index in [-0.39, 0.29) is 30.2 Å². The molecule has 5 rings (SSSR count). The third-order valence-corrected chi connectivity index (χ3v) is 8.03. The second-order valence-corrected chi connectivity index (χ2v) is 10.8. The van der Waals surface area contributed by atoms with Crippen molar-refractivity contribution in [3.05, 3.63) is 87.9 Å². The summed E-state index contributed by atoms with van der Waals surface area (Å²) in [4.78, 5) is 31.2. The SMILES string of the molecule is Cc1ccccc1CCN(C(=O)Cn1nnc(-c2ccc(F)cc2)n1)C(C(=O)NC1CCCC1)c1cccs1. The van der Waals surface area contributed by atoms with Gasteiger partial charge in [-0.25, -0.2) is 4.39 Å². The summed E-state index contributed by atoms with van der Waals surface area (Å²) in [5, 5.41) is 17.6. The Bertz CT molecular complexity index is 1400. The van der Waals surface area contributed by atoms with E-state index in [1.807, 2.05) is 48.7 Å². The van der Waals surface area contributed by atoms with Gasteiger partial charge in [-0.2, -0.15) is 4.80 Å². The largest absolute Gasteiger partial charge is 0.351 e. The molecular formula is C29H31FN6O2S. The Balaban J connectivity index is 1.41. The van der Waals surface area contributed by atoms with E-state index in [1.165, 1.54) is 28.3 Å². The lowest BCUT2D eigenvalue weighted by Crippen LogP contribution is -2.47. The van der Waals surface area contributed by atoms with Crippen molar-refractivity contribution in [3.8, 4) is 11.4 Å². The Morgan fingerprint density at radius 2 is 1.87 bits per heavy atom. The summed E-state index contributed by atoms with van der Waals surface area (Å²) in [6, 6.07) is 17.0. The molecule has 10 heteroatoms. The maximum atomic E-state index is 13.9. The first-order valence-electron chi connectivity index (χ1n) is 13.2. The van der Waals surface area contributed by atoms with E-state index >= 15 is 0 Å². The highest BCUT2D eigenvalue weighted by atomic mass is 32.1. The first-order chi connectivity index (χ1) is 19.0. The highest BCUT2D eigenvalue weighted by Crippen LogP contribution is 2.28. The van der Waals surface area contributed by atoms with E-state index in [0.29, 0.717) is 24.4 Å². The number of amides is 2. The lowest BCUT2D eigenvalue weighted by molar-refractivity contribution is -0.141. The van der Waals surface area contributed by atoms with Crippen molar-refractivity contribution in [3.63, 3.8) is 0 Å². The molecule has 1 aliphatic rings. The number of hydrogen-bond acceptors (Lipinski definition) is 6. The van der Waals surface area contributed by atoms with Gasteiger partial charge >= 0.3 is 0 Å². The van der Waals surface area contributed by atoms with Gasteiger partial charge in [0, 0.05) is 23.0 Å². The van der Waals surface area contributed by atoms with E-state index in [0.717, 1.165) is 41.7 Å². The van der Waals surface area contributed by atoms with Crippen molar-refractivity contribution in [2.24, 2.45) is 0 Å². The Kier molecular flexibility index (Phi) is 8.41. The van der Waals surface area contributed by atoms with Gasteiger partial charge in [-0.1, -0.05) is 43.2 Å².